The highest BCUT2D eigenvalue weighted by molar-refractivity contribution is 9.10. The Hall–Kier alpha value is -2.43. The fraction of sp³-hybridized carbons (Fsp3) is 0.316. The lowest BCUT2D eigenvalue weighted by molar-refractivity contribution is -0.143. The molecular weight excluding hydrogens is 482 g/mol. The second kappa shape index (κ2) is 7.68. The third-order valence-electron chi connectivity index (χ3n) is 4.74. The zero-order valence-electron chi connectivity index (χ0n) is 15.3. The molecule has 4 nitrogen and oxygen atoms in total. The van der Waals surface area contributed by atoms with Gasteiger partial charge >= 0.3 is 18.4 Å². The van der Waals surface area contributed by atoms with Gasteiger partial charge in [0.05, 0.1) is 23.7 Å². The van der Waals surface area contributed by atoms with Crippen LogP contribution < -0.4 is 5.73 Å². The molecule has 11 heteroatoms. The first kappa shape index (κ1) is 22.3. The minimum atomic E-state index is -4.99. The molecule has 1 aliphatic heterocycles. The summed E-state index contributed by atoms with van der Waals surface area (Å²) in [7, 11) is 0. The molecule has 0 spiro atoms. The summed E-state index contributed by atoms with van der Waals surface area (Å²) in [6.45, 7) is 1.50. The number of nitrogens with zero attached hydrogens (tertiary/aromatic N) is 1. The lowest BCUT2D eigenvalue weighted by Gasteiger charge is -2.23. The zero-order valence-corrected chi connectivity index (χ0v) is 16.9. The van der Waals surface area contributed by atoms with Gasteiger partial charge in [-0.3, -0.25) is 4.90 Å². The van der Waals surface area contributed by atoms with Crippen molar-refractivity contribution in [2.45, 2.75) is 38.0 Å². The normalized spacial score (nSPS) is 19.9. The quantitative estimate of drug-likeness (QED) is 0.409. The first-order chi connectivity index (χ1) is 13.8. The van der Waals surface area contributed by atoms with Crippen LogP contribution in [0.4, 0.5) is 36.8 Å². The van der Waals surface area contributed by atoms with Gasteiger partial charge in [-0.1, -0.05) is 15.9 Å². The van der Waals surface area contributed by atoms with E-state index in [1.54, 1.807) is 18.2 Å². The third-order valence-corrected chi connectivity index (χ3v) is 5.51. The minimum Gasteiger partial charge on any atom is -0.439 e. The van der Waals surface area contributed by atoms with E-state index in [1.165, 1.54) is 11.8 Å². The van der Waals surface area contributed by atoms with Crippen LogP contribution in [0.25, 0.3) is 0 Å². The number of carbonyl (C=O) groups excluding carboxylic acids is 1. The van der Waals surface area contributed by atoms with Crippen molar-refractivity contribution in [3.63, 3.8) is 0 Å². The van der Waals surface area contributed by atoms with Crippen LogP contribution in [-0.4, -0.2) is 17.0 Å². The second-order valence-corrected chi connectivity index (χ2v) is 7.72. The predicted molar refractivity (Wildman–Crippen MR) is 99.2 cm³/mol. The molecule has 0 aromatic heterocycles. The van der Waals surface area contributed by atoms with E-state index < -0.39 is 41.7 Å². The van der Waals surface area contributed by atoms with Crippen molar-refractivity contribution in [2.75, 3.05) is 5.73 Å². The van der Waals surface area contributed by atoms with Crippen molar-refractivity contribution in [1.82, 2.24) is 4.90 Å². The van der Waals surface area contributed by atoms with E-state index in [0.29, 0.717) is 27.9 Å². The average molecular weight is 497 g/mol. The number of halogens is 7. The van der Waals surface area contributed by atoms with Crippen LogP contribution in [0, 0.1) is 0 Å². The third kappa shape index (κ3) is 4.50. The molecular formula is C19H15BrF6N2O2. The summed E-state index contributed by atoms with van der Waals surface area (Å²) in [5.74, 6) is 0. The Bertz CT molecular complexity index is 944. The van der Waals surface area contributed by atoms with E-state index in [9.17, 15) is 31.1 Å². The molecule has 1 saturated heterocycles. The van der Waals surface area contributed by atoms with Crippen LogP contribution >= 0.6 is 15.9 Å². The molecule has 2 aromatic carbocycles. The molecule has 0 bridgehead atoms. The van der Waals surface area contributed by atoms with Gasteiger partial charge in [-0.25, -0.2) is 4.79 Å². The van der Waals surface area contributed by atoms with Gasteiger partial charge in [0.2, 0.25) is 0 Å². The highest BCUT2D eigenvalue weighted by Gasteiger charge is 2.43. The van der Waals surface area contributed by atoms with Gasteiger partial charge in [0.1, 0.15) is 6.10 Å². The van der Waals surface area contributed by atoms with Crippen molar-refractivity contribution >= 4 is 27.7 Å². The first-order valence-electron chi connectivity index (χ1n) is 8.58. The van der Waals surface area contributed by atoms with E-state index >= 15 is 0 Å². The van der Waals surface area contributed by atoms with Crippen molar-refractivity contribution in [2.24, 2.45) is 0 Å². The molecule has 162 valence electrons. The maximum absolute atomic E-state index is 13.1. The molecule has 0 radical (unpaired) electrons. The first-order valence-corrected chi connectivity index (χ1v) is 9.37. The number of hydrogen-bond acceptors (Lipinski definition) is 3. The minimum absolute atomic E-state index is 0.00716. The van der Waals surface area contributed by atoms with Gasteiger partial charge in [-0.15, -0.1) is 0 Å². The van der Waals surface area contributed by atoms with Gasteiger partial charge in [0, 0.05) is 10.2 Å². The molecule has 1 fully saturated rings. The number of cyclic esters (lactones) is 1. The van der Waals surface area contributed by atoms with Crippen molar-refractivity contribution in [1.29, 1.82) is 0 Å². The van der Waals surface area contributed by atoms with Crippen LogP contribution in [0.3, 0.4) is 0 Å². The number of anilines is 1. The predicted octanol–water partition coefficient (Wildman–Crippen LogP) is 6.15. The average Bonchev–Trinajstić information content (AvgIpc) is 2.91. The number of ether oxygens (including phenoxy) is 1. The van der Waals surface area contributed by atoms with E-state index in [-0.39, 0.29) is 18.2 Å². The summed E-state index contributed by atoms with van der Waals surface area (Å²) in [6, 6.07) is 5.25. The summed E-state index contributed by atoms with van der Waals surface area (Å²) in [5.41, 5.74) is 3.46. The number of carbonyl (C=O) groups is 1. The Morgan fingerprint density at radius 1 is 1.03 bits per heavy atom. The number of alkyl halides is 6. The van der Waals surface area contributed by atoms with E-state index in [4.69, 9.17) is 10.5 Å². The lowest BCUT2D eigenvalue weighted by atomic mass is 9.97. The molecule has 1 amide bonds. The number of hydrogen-bond donors (Lipinski definition) is 1. The molecule has 2 N–H and O–H groups in total. The van der Waals surface area contributed by atoms with E-state index in [2.05, 4.69) is 15.9 Å². The zero-order chi connectivity index (χ0) is 22.4. The van der Waals surface area contributed by atoms with Crippen LogP contribution in [0.1, 0.15) is 35.3 Å². The maximum Gasteiger partial charge on any atom is 0.416 e. The molecule has 0 aliphatic carbocycles. The molecule has 0 unspecified atom stereocenters. The Labute approximate surface area is 175 Å². The number of rotatable bonds is 3. The molecule has 30 heavy (non-hydrogen) atoms. The number of benzene rings is 2. The van der Waals surface area contributed by atoms with Crippen LogP contribution in [0.2, 0.25) is 0 Å². The summed E-state index contributed by atoms with van der Waals surface area (Å²) in [4.78, 5) is 13.6. The number of amides is 1. The molecule has 1 aliphatic rings. The second-order valence-electron chi connectivity index (χ2n) is 6.86. The van der Waals surface area contributed by atoms with E-state index in [0.717, 1.165) is 0 Å². The molecule has 0 saturated carbocycles. The highest BCUT2D eigenvalue weighted by atomic mass is 79.9. The lowest BCUT2D eigenvalue weighted by Crippen LogP contribution is -2.31. The van der Waals surface area contributed by atoms with Gasteiger partial charge in [0.15, 0.2) is 0 Å². The summed E-state index contributed by atoms with van der Waals surface area (Å²) in [6.07, 6.45) is -12.1. The molecule has 2 aromatic rings. The maximum atomic E-state index is 13.1. The van der Waals surface area contributed by atoms with E-state index in [1.807, 2.05) is 0 Å². The van der Waals surface area contributed by atoms with Gasteiger partial charge < -0.3 is 10.5 Å². The largest absolute Gasteiger partial charge is 0.439 e. The van der Waals surface area contributed by atoms with Crippen molar-refractivity contribution in [3.05, 3.63) is 63.1 Å². The van der Waals surface area contributed by atoms with Gasteiger partial charge in [-0.05, 0) is 54.4 Å². The number of nitrogens with two attached hydrogens (primary N) is 1. The Kier molecular flexibility index (Phi) is 5.70. The Morgan fingerprint density at radius 2 is 1.60 bits per heavy atom. The SMILES string of the molecule is C[C@H]1[C@@H](c2cc(C(F)(F)F)cc(C(F)(F)F)c2)OC(=O)N1Cc1cc(N)ccc1Br. The van der Waals surface area contributed by atoms with Crippen molar-refractivity contribution < 1.29 is 35.9 Å². The van der Waals surface area contributed by atoms with Crippen LogP contribution in [0.15, 0.2) is 40.9 Å². The standard InChI is InChI=1S/C19H15BrF6N2O2/c1-9-16(10-4-12(18(21,22)23)7-13(5-10)19(24,25)26)30-17(29)28(9)8-11-6-14(27)2-3-15(11)20/h2-7,9,16H,8,27H2,1H3/t9-,16-/m0/s1. The fourth-order valence-corrected chi connectivity index (χ4v) is 3.57. The monoisotopic (exact) mass is 496 g/mol. The topological polar surface area (TPSA) is 55.6 Å². The van der Waals surface area contributed by atoms with Crippen LogP contribution in [0.5, 0.6) is 0 Å². The van der Waals surface area contributed by atoms with Gasteiger partial charge in [-0.2, -0.15) is 26.3 Å². The Balaban J connectivity index is 1.97. The smallest absolute Gasteiger partial charge is 0.416 e. The molecule has 3 rings (SSSR count). The summed E-state index contributed by atoms with van der Waals surface area (Å²) >= 11 is 3.32. The van der Waals surface area contributed by atoms with Crippen LogP contribution in [-0.2, 0) is 23.6 Å². The van der Waals surface area contributed by atoms with Gasteiger partial charge in [0.25, 0.3) is 0 Å². The summed E-state index contributed by atoms with van der Waals surface area (Å²) in [5, 5.41) is 0. The molecule has 2 atom stereocenters. The Morgan fingerprint density at radius 3 is 2.13 bits per heavy atom. The fourth-order valence-electron chi connectivity index (χ4n) is 3.20. The molecule has 1 heterocycles. The highest BCUT2D eigenvalue weighted by Crippen LogP contribution is 2.41. The van der Waals surface area contributed by atoms with Crippen molar-refractivity contribution in [3.8, 4) is 0 Å². The summed E-state index contributed by atoms with van der Waals surface area (Å²) < 4.78 is 84.6. The number of nitrogen functional groups attached to an aromatic ring is 1.